The van der Waals surface area contributed by atoms with Gasteiger partial charge in [-0.25, -0.2) is 0 Å². The summed E-state index contributed by atoms with van der Waals surface area (Å²) in [5, 5.41) is 34.4. The molecule has 0 aliphatic heterocycles. The normalized spacial score (nSPS) is 12.3. The minimum Gasteiger partial charge on any atom is -0.508 e. The van der Waals surface area contributed by atoms with Crippen LogP contribution in [0.15, 0.2) is 54.6 Å². The molecule has 0 amide bonds. The van der Waals surface area contributed by atoms with Crippen LogP contribution in [0.5, 0.6) is 11.5 Å². The number of anilines is 2. The molecule has 0 spiro atoms. The van der Waals surface area contributed by atoms with Gasteiger partial charge in [0.1, 0.15) is 17.1 Å². The summed E-state index contributed by atoms with van der Waals surface area (Å²) in [7, 11) is 0. The zero-order valence-electron chi connectivity index (χ0n) is 14.2. The van der Waals surface area contributed by atoms with Gasteiger partial charge in [0.05, 0.1) is 21.7 Å². The van der Waals surface area contributed by atoms with E-state index in [9.17, 15) is 29.9 Å². The summed E-state index contributed by atoms with van der Waals surface area (Å²) in [6.07, 6.45) is 0. The molecular weight excluding hydrogens is 364 g/mol. The third-order valence-electron chi connectivity index (χ3n) is 4.46. The predicted octanol–water partition coefficient (Wildman–Crippen LogP) is 3.53. The van der Waals surface area contributed by atoms with Crippen LogP contribution in [-0.2, 0) is 0 Å². The third-order valence-corrected chi connectivity index (χ3v) is 4.46. The predicted molar refractivity (Wildman–Crippen MR) is 99.5 cm³/mol. The van der Waals surface area contributed by atoms with E-state index in [-0.39, 0.29) is 22.6 Å². The summed E-state index contributed by atoms with van der Waals surface area (Å²) in [6.45, 7) is 0. The van der Waals surface area contributed by atoms with Crippen LogP contribution >= 0.6 is 0 Å². The highest BCUT2D eigenvalue weighted by Crippen LogP contribution is 2.42. The first-order valence-corrected chi connectivity index (χ1v) is 8.17. The van der Waals surface area contributed by atoms with Crippen LogP contribution < -0.4 is 5.32 Å². The molecule has 1 aliphatic carbocycles. The van der Waals surface area contributed by atoms with Crippen molar-refractivity contribution in [3.05, 3.63) is 87.0 Å². The fourth-order valence-corrected chi connectivity index (χ4v) is 3.28. The van der Waals surface area contributed by atoms with E-state index >= 15 is 0 Å². The zero-order chi connectivity index (χ0) is 20.0. The number of nitrogens with zero attached hydrogens (tertiary/aromatic N) is 1. The lowest BCUT2D eigenvalue weighted by atomic mass is 9.81. The highest BCUT2D eigenvalue weighted by molar-refractivity contribution is 6.32. The maximum absolute atomic E-state index is 13.2. The number of hydrogen-bond acceptors (Lipinski definition) is 7. The number of nitro groups is 1. The molecule has 8 heteroatoms. The number of phenols is 2. The lowest BCUT2D eigenvalue weighted by molar-refractivity contribution is -0.385. The molecule has 3 aromatic carbocycles. The summed E-state index contributed by atoms with van der Waals surface area (Å²) >= 11 is 0. The second-order valence-electron chi connectivity index (χ2n) is 6.18. The summed E-state index contributed by atoms with van der Waals surface area (Å²) in [5.41, 5.74) is -1.02. The van der Waals surface area contributed by atoms with E-state index in [1.807, 2.05) is 0 Å². The molecule has 0 radical (unpaired) electrons. The molecule has 1 aliphatic rings. The first kappa shape index (κ1) is 17.2. The van der Waals surface area contributed by atoms with Gasteiger partial charge in [-0.2, -0.15) is 0 Å². The largest absolute Gasteiger partial charge is 0.508 e. The van der Waals surface area contributed by atoms with E-state index in [4.69, 9.17) is 0 Å². The molecule has 0 bridgehead atoms. The van der Waals surface area contributed by atoms with Crippen molar-refractivity contribution in [2.24, 2.45) is 0 Å². The number of carbonyl (C=O) groups is 2. The van der Waals surface area contributed by atoms with Crippen molar-refractivity contribution < 1.29 is 24.7 Å². The van der Waals surface area contributed by atoms with Crippen LogP contribution in [0, 0.1) is 10.1 Å². The molecule has 0 heterocycles. The average Bonchev–Trinajstić information content (AvgIpc) is 2.66. The quantitative estimate of drug-likeness (QED) is 0.368. The van der Waals surface area contributed by atoms with E-state index in [2.05, 4.69) is 5.32 Å². The fourth-order valence-electron chi connectivity index (χ4n) is 3.28. The van der Waals surface area contributed by atoms with Gasteiger partial charge >= 0.3 is 0 Å². The molecule has 0 saturated heterocycles. The van der Waals surface area contributed by atoms with Crippen molar-refractivity contribution in [2.75, 3.05) is 5.32 Å². The fraction of sp³-hybridized carbons (Fsp3) is 0. The van der Waals surface area contributed by atoms with Crippen LogP contribution in [0.3, 0.4) is 0 Å². The molecule has 138 valence electrons. The molecular formula is C20H12N2O6. The number of ketones is 2. The van der Waals surface area contributed by atoms with Crippen LogP contribution in [-0.4, -0.2) is 26.7 Å². The molecule has 0 unspecified atom stereocenters. The smallest absolute Gasteiger partial charge is 0.281 e. The molecule has 0 fully saturated rings. The number of carbonyl (C=O) groups excluding carboxylic acids is 2. The maximum atomic E-state index is 13.2. The topological polar surface area (TPSA) is 130 Å². The van der Waals surface area contributed by atoms with Gasteiger partial charge in [0, 0.05) is 23.4 Å². The summed E-state index contributed by atoms with van der Waals surface area (Å²) < 4.78 is 0. The Bertz CT molecular complexity index is 1170. The van der Waals surface area contributed by atoms with Gasteiger partial charge in [0.2, 0.25) is 5.78 Å². The van der Waals surface area contributed by atoms with Crippen molar-refractivity contribution >= 4 is 28.6 Å². The number of nitro benzene ring substituents is 1. The number of phenolic OH excluding ortho intramolecular Hbond substituents is 2. The van der Waals surface area contributed by atoms with Gasteiger partial charge in [-0.3, -0.25) is 19.7 Å². The first-order valence-electron chi connectivity index (χ1n) is 8.17. The maximum Gasteiger partial charge on any atom is 0.281 e. The van der Waals surface area contributed by atoms with E-state index < -0.39 is 39.1 Å². The van der Waals surface area contributed by atoms with E-state index in [0.29, 0.717) is 5.69 Å². The molecule has 3 N–H and O–H groups in total. The van der Waals surface area contributed by atoms with E-state index in [1.165, 1.54) is 6.07 Å². The number of fused-ring (bicyclic) bond motifs is 2. The number of nitrogens with one attached hydrogen (secondary N) is 1. The first-order chi connectivity index (χ1) is 13.4. The minimum absolute atomic E-state index is 0.104. The Labute approximate surface area is 157 Å². The molecule has 3 aromatic rings. The number of rotatable bonds is 3. The second kappa shape index (κ2) is 6.20. The van der Waals surface area contributed by atoms with Gasteiger partial charge in [-0.1, -0.05) is 18.2 Å². The van der Waals surface area contributed by atoms with Crippen LogP contribution in [0.4, 0.5) is 17.1 Å². The van der Waals surface area contributed by atoms with Crippen molar-refractivity contribution in [1.29, 1.82) is 0 Å². The van der Waals surface area contributed by atoms with Gasteiger partial charge < -0.3 is 15.5 Å². The van der Waals surface area contributed by atoms with Crippen molar-refractivity contribution in [3.63, 3.8) is 0 Å². The molecule has 28 heavy (non-hydrogen) atoms. The number of benzene rings is 3. The van der Waals surface area contributed by atoms with Crippen molar-refractivity contribution in [3.8, 4) is 11.5 Å². The van der Waals surface area contributed by atoms with Crippen LogP contribution in [0.1, 0.15) is 31.8 Å². The van der Waals surface area contributed by atoms with Crippen LogP contribution in [0.2, 0.25) is 0 Å². The Morgan fingerprint density at radius 2 is 1.57 bits per heavy atom. The van der Waals surface area contributed by atoms with Gasteiger partial charge in [0.25, 0.3) is 5.69 Å². The summed E-state index contributed by atoms with van der Waals surface area (Å²) in [6, 6.07) is 13.1. The van der Waals surface area contributed by atoms with E-state index in [1.54, 1.807) is 30.3 Å². The Morgan fingerprint density at radius 3 is 2.25 bits per heavy atom. The summed E-state index contributed by atoms with van der Waals surface area (Å²) in [4.78, 5) is 36.7. The second-order valence-corrected chi connectivity index (χ2v) is 6.18. The monoisotopic (exact) mass is 376 g/mol. The van der Waals surface area contributed by atoms with Gasteiger partial charge in [0.15, 0.2) is 5.78 Å². The third kappa shape index (κ3) is 2.55. The van der Waals surface area contributed by atoms with Crippen molar-refractivity contribution in [1.82, 2.24) is 0 Å². The highest BCUT2D eigenvalue weighted by Gasteiger charge is 2.39. The standard InChI is InChI=1S/C20H12N2O6/c23-11-8-12-16(13(9-11)21-10-4-2-1-3-5-10)20(26)17-14(22(27)28)6-7-15(24)18(17)19(12)25/h1-9,21,23-24H. The zero-order valence-corrected chi connectivity index (χ0v) is 14.2. The highest BCUT2D eigenvalue weighted by atomic mass is 16.6. The van der Waals surface area contributed by atoms with E-state index in [0.717, 1.165) is 18.2 Å². The Hall–Kier alpha value is -4.20. The molecule has 4 rings (SSSR count). The number of hydrogen-bond donors (Lipinski definition) is 3. The Kier molecular flexibility index (Phi) is 3.82. The molecule has 0 saturated carbocycles. The lowest BCUT2D eigenvalue weighted by Crippen LogP contribution is -2.23. The minimum atomic E-state index is -0.786. The Balaban J connectivity index is 1.98. The van der Waals surface area contributed by atoms with Crippen molar-refractivity contribution in [2.45, 2.75) is 0 Å². The van der Waals surface area contributed by atoms with Crippen LogP contribution in [0.25, 0.3) is 0 Å². The number of aromatic hydroxyl groups is 2. The van der Waals surface area contributed by atoms with Gasteiger partial charge in [-0.15, -0.1) is 0 Å². The number of para-hydroxylation sites is 1. The molecule has 0 atom stereocenters. The Morgan fingerprint density at radius 1 is 0.857 bits per heavy atom. The average molecular weight is 376 g/mol. The molecule has 8 nitrogen and oxygen atoms in total. The SMILES string of the molecule is O=C1c2cc(O)cc(Nc3ccccc3)c2C(=O)c2c([N+](=O)[O-])ccc(O)c21. The lowest BCUT2D eigenvalue weighted by Gasteiger charge is -2.21. The summed E-state index contributed by atoms with van der Waals surface area (Å²) in [5.74, 6) is -2.37. The van der Waals surface area contributed by atoms with Gasteiger partial charge in [-0.05, 0) is 24.3 Å². The molecule has 0 aromatic heterocycles.